The molecule has 1 amide bonds. The summed E-state index contributed by atoms with van der Waals surface area (Å²) in [5.41, 5.74) is 4.00. The molecular formula is C23H23ClF2N6O. The minimum Gasteiger partial charge on any atom is -0.356 e. The molecule has 0 aliphatic rings. The number of amides is 1. The van der Waals surface area contributed by atoms with Gasteiger partial charge in [0.25, 0.3) is 5.91 Å². The van der Waals surface area contributed by atoms with Gasteiger partial charge in [0.15, 0.2) is 0 Å². The standard InChI is InChI=1S/C23H22F2N6O.ClH/c1-12-6-13(2)29-20(7-12)31-23-27-10-15(11-28-23)22(32)26-5-4-17-14(3)30-21-18(17)8-16(24)9-19(21)25;/h6-11,30H,4-5H2,1-3H3,(H,26,32)(H,27,28,29,31);1H. The summed E-state index contributed by atoms with van der Waals surface area (Å²) < 4.78 is 27.6. The first kappa shape index (κ1) is 24.1. The van der Waals surface area contributed by atoms with E-state index in [9.17, 15) is 13.6 Å². The molecule has 0 aliphatic heterocycles. The summed E-state index contributed by atoms with van der Waals surface area (Å²) >= 11 is 0. The molecule has 0 saturated heterocycles. The average molecular weight is 473 g/mol. The Hall–Kier alpha value is -3.59. The minimum absolute atomic E-state index is 0. The molecule has 3 N–H and O–H groups in total. The zero-order valence-electron chi connectivity index (χ0n) is 18.3. The Labute approximate surface area is 195 Å². The van der Waals surface area contributed by atoms with E-state index in [-0.39, 0.29) is 30.4 Å². The summed E-state index contributed by atoms with van der Waals surface area (Å²) in [4.78, 5) is 28.1. The smallest absolute Gasteiger partial charge is 0.254 e. The number of rotatable bonds is 6. The van der Waals surface area contributed by atoms with Crippen molar-refractivity contribution < 1.29 is 13.6 Å². The second-order valence-electron chi connectivity index (χ2n) is 7.64. The number of carbonyl (C=O) groups excluding carboxylic acids is 1. The Morgan fingerprint density at radius 3 is 2.48 bits per heavy atom. The van der Waals surface area contributed by atoms with Gasteiger partial charge in [-0.2, -0.15) is 0 Å². The van der Waals surface area contributed by atoms with E-state index in [1.54, 1.807) is 6.92 Å². The Kier molecular flexibility index (Phi) is 7.23. The van der Waals surface area contributed by atoms with Crippen LogP contribution in [-0.2, 0) is 6.42 Å². The van der Waals surface area contributed by atoms with Crippen molar-refractivity contribution >= 4 is 41.0 Å². The number of anilines is 2. The number of halogens is 3. The van der Waals surface area contributed by atoms with Gasteiger partial charge < -0.3 is 15.6 Å². The maximum absolute atomic E-state index is 14.0. The van der Waals surface area contributed by atoms with Crippen LogP contribution < -0.4 is 10.6 Å². The summed E-state index contributed by atoms with van der Waals surface area (Å²) in [7, 11) is 0. The summed E-state index contributed by atoms with van der Waals surface area (Å²) in [6, 6.07) is 5.98. The van der Waals surface area contributed by atoms with Crippen molar-refractivity contribution in [2.75, 3.05) is 11.9 Å². The lowest BCUT2D eigenvalue weighted by Crippen LogP contribution is -2.26. The van der Waals surface area contributed by atoms with Crippen molar-refractivity contribution in [1.82, 2.24) is 25.3 Å². The molecule has 0 atom stereocenters. The third-order valence-electron chi connectivity index (χ3n) is 5.06. The number of fused-ring (bicyclic) bond motifs is 1. The zero-order chi connectivity index (χ0) is 22.8. The topological polar surface area (TPSA) is 95.6 Å². The van der Waals surface area contributed by atoms with Gasteiger partial charge in [-0.15, -0.1) is 12.4 Å². The summed E-state index contributed by atoms with van der Waals surface area (Å²) in [5, 5.41) is 6.28. The quantitative estimate of drug-likeness (QED) is 0.378. The lowest BCUT2D eigenvalue weighted by atomic mass is 10.1. The molecule has 3 heterocycles. The highest BCUT2D eigenvalue weighted by Crippen LogP contribution is 2.26. The Balaban J connectivity index is 0.00000306. The van der Waals surface area contributed by atoms with Crippen LogP contribution in [0.2, 0.25) is 0 Å². The minimum atomic E-state index is -0.639. The fourth-order valence-electron chi connectivity index (χ4n) is 3.66. The van der Waals surface area contributed by atoms with Crippen LogP contribution in [0.1, 0.15) is 32.9 Å². The Bertz CT molecular complexity index is 1290. The molecular weight excluding hydrogens is 450 g/mol. The summed E-state index contributed by atoms with van der Waals surface area (Å²) in [5.74, 6) is -0.656. The van der Waals surface area contributed by atoms with Crippen LogP contribution in [-0.4, -0.2) is 32.4 Å². The van der Waals surface area contributed by atoms with Crippen LogP contribution >= 0.6 is 12.4 Å². The Morgan fingerprint density at radius 1 is 1.06 bits per heavy atom. The van der Waals surface area contributed by atoms with Crippen molar-refractivity contribution in [1.29, 1.82) is 0 Å². The van der Waals surface area contributed by atoms with Gasteiger partial charge in [-0.05, 0) is 56.5 Å². The van der Waals surface area contributed by atoms with Crippen molar-refractivity contribution in [3.63, 3.8) is 0 Å². The number of pyridine rings is 1. The van der Waals surface area contributed by atoms with Gasteiger partial charge in [-0.25, -0.2) is 23.7 Å². The van der Waals surface area contributed by atoms with Gasteiger partial charge in [0.05, 0.1) is 11.1 Å². The molecule has 4 aromatic rings. The number of hydrogen-bond donors (Lipinski definition) is 3. The Morgan fingerprint density at radius 2 is 1.79 bits per heavy atom. The fourth-order valence-corrected chi connectivity index (χ4v) is 3.66. The van der Waals surface area contributed by atoms with Crippen molar-refractivity contribution in [3.05, 3.63) is 76.4 Å². The van der Waals surface area contributed by atoms with E-state index < -0.39 is 11.6 Å². The number of aromatic nitrogens is 4. The van der Waals surface area contributed by atoms with Gasteiger partial charge in [0.1, 0.15) is 17.5 Å². The number of H-pyrrole nitrogens is 1. The molecule has 0 spiro atoms. The number of benzene rings is 1. The molecule has 10 heteroatoms. The molecule has 3 aromatic heterocycles. The van der Waals surface area contributed by atoms with Crippen LogP contribution in [0.25, 0.3) is 10.9 Å². The van der Waals surface area contributed by atoms with E-state index in [4.69, 9.17) is 0 Å². The predicted octanol–water partition coefficient (Wildman–Crippen LogP) is 4.69. The van der Waals surface area contributed by atoms with E-state index >= 15 is 0 Å². The molecule has 0 fully saturated rings. The molecule has 4 rings (SSSR count). The lowest BCUT2D eigenvalue weighted by molar-refractivity contribution is 0.0953. The molecule has 0 radical (unpaired) electrons. The zero-order valence-corrected chi connectivity index (χ0v) is 19.1. The number of hydrogen-bond acceptors (Lipinski definition) is 5. The number of carbonyl (C=O) groups is 1. The molecule has 0 aliphatic carbocycles. The SMILES string of the molecule is Cc1cc(C)nc(Nc2ncc(C(=O)NCCc3c(C)[nH]c4c(F)cc(F)cc34)cn2)c1.Cl. The lowest BCUT2D eigenvalue weighted by Gasteiger charge is -2.08. The maximum Gasteiger partial charge on any atom is 0.254 e. The van der Waals surface area contributed by atoms with Gasteiger partial charge >= 0.3 is 0 Å². The second kappa shape index (κ2) is 9.91. The maximum atomic E-state index is 14.0. The normalized spacial score (nSPS) is 10.7. The first-order valence-corrected chi connectivity index (χ1v) is 10.1. The van der Waals surface area contributed by atoms with Crippen LogP contribution in [0.15, 0.2) is 36.7 Å². The van der Waals surface area contributed by atoms with Gasteiger partial charge in [-0.3, -0.25) is 4.79 Å². The molecule has 0 unspecified atom stereocenters. The van der Waals surface area contributed by atoms with Crippen LogP contribution in [0, 0.1) is 32.4 Å². The van der Waals surface area contributed by atoms with Crippen molar-refractivity contribution in [2.45, 2.75) is 27.2 Å². The van der Waals surface area contributed by atoms with E-state index in [0.717, 1.165) is 28.6 Å². The highest BCUT2D eigenvalue weighted by atomic mass is 35.5. The van der Waals surface area contributed by atoms with Crippen LogP contribution in [0.4, 0.5) is 20.5 Å². The molecule has 0 saturated carbocycles. The monoisotopic (exact) mass is 472 g/mol. The third-order valence-corrected chi connectivity index (χ3v) is 5.06. The van der Waals surface area contributed by atoms with Crippen molar-refractivity contribution in [2.24, 2.45) is 0 Å². The third kappa shape index (κ3) is 5.43. The number of nitrogens with zero attached hydrogens (tertiary/aromatic N) is 3. The first-order valence-electron chi connectivity index (χ1n) is 10.1. The van der Waals surface area contributed by atoms with Gasteiger partial charge in [0.2, 0.25) is 5.95 Å². The summed E-state index contributed by atoms with van der Waals surface area (Å²) in [6.07, 6.45) is 3.27. The van der Waals surface area contributed by atoms with E-state index in [1.807, 2.05) is 26.0 Å². The highest BCUT2D eigenvalue weighted by Gasteiger charge is 2.14. The fraction of sp³-hybridized carbons (Fsp3) is 0.217. The molecule has 0 bridgehead atoms. The summed E-state index contributed by atoms with van der Waals surface area (Å²) in [6.45, 7) is 5.95. The molecule has 172 valence electrons. The first-order chi connectivity index (χ1) is 15.3. The van der Waals surface area contributed by atoms with Crippen LogP contribution in [0.3, 0.4) is 0 Å². The van der Waals surface area contributed by atoms with Gasteiger partial charge in [-0.1, -0.05) is 0 Å². The predicted molar refractivity (Wildman–Crippen MR) is 125 cm³/mol. The molecule has 7 nitrogen and oxygen atoms in total. The van der Waals surface area contributed by atoms with E-state index in [2.05, 4.69) is 30.6 Å². The number of aromatic amines is 1. The van der Waals surface area contributed by atoms with E-state index in [0.29, 0.717) is 29.1 Å². The average Bonchev–Trinajstić information content (AvgIpc) is 3.03. The number of aryl methyl sites for hydroxylation is 3. The number of nitrogens with one attached hydrogen (secondary N) is 3. The molecule has 1 aromatic carbocycles. The van der Waals surface area contributed by atoms with E-state index in [1.165, 1.54) is 18.5 Å². The van der Waals surface area contributed by atoms with Crippen molar-refractivity contribution in [3.8, 4) is 0 Å². The highest BCUT2D eigenvalue weighted by molar-refractivity contribution is 5.93. The second-order valence-corrected chi connectivity index (χ2v) is 7.64. The molecule has 33 heavy (non-hydrogen) atoms. The van der Waals surface area contributed by atoms with Gasteiger partial charge in [0, 0.05) is 41.8 Å². The largest absolute Gasteiger partial charge is 0.356 e. The van der Waals surface area contributed by atoms with Crippen LogP contribution in [0.5, 0.6) is 0 Å².